The van der Waals surface area contributed by atoms with Crippen LogP contribution in [0, 0.1) is 17.8 Å². The number of unbranched alkanes of at least 4 members (excludes halogenated alkanes) is 2. The number of aliphatic hydroxyl groups is 1. The number of nitrogens with one attached hydrogen (secondary N) is 2. The molecule has 0 saturated carbocycles. The van der Waals surface area contributed by atoms with Crippen LogP contribution in [0.15, 0.2) is 30.3 Å². The lowest BCUT2D eigenvalue weighted by molar-refractivity contribution is -0.150. The molecule has 37 heavy (non-hydrogen) atoms. The summed E-state index contributed by atoms with van der Waals surface area (Å²) in [6.07, 6.45) is 4.60. The second-order valence-corrected chi connectivity index (χ2v) is 11.6. The van der Waals surface area contributed by atoms with Gasteiger partial charge in [0.2, 0.25) is 17.7 Å². The van der Waals surface area contributed by atoms with Gasteiger partial charge in [0.1, 0.15) is 11.6 Å². The van der Waals surface area contributed by atoms with Crippen LogP contribution in [0.5, 0.6) is 0 Å². The first-order chi connectivity index (χ1) is 17.7. The number of fused-ring (bicyclic) bond motifs is 1. The van der Waals surface area contributed by atoms with Gasteiger partial charge >= 0.3 is 0 Å². The molecular formula is C29H43N3O5. The highest BCUT2D eigenvalue weighted by Crippen LogP contribution is 2.63. The summed E-state index contributed by atoms with van der Waals surface area (Å²) in [5.41, 5.74) is -0.915. The number of rotatable bonds is 12. The fraction of sp³-hybridized carbons (Fsp3) is 0.690. The molecule has 8 heteroatoms. The fourth-order valence-corrected chi connectivity index (χ4v) is 6.86. The van der Waals surface area contributed by atoms with Crippen molar-refractivity contribution >= 4 is 17.7 Å². The van der Waals surface area contributed by atoms with Gasteiger partial charge in [0, 0.05) is 13.1 Å². The number of likely N-dealkylation sites (tertiary alicyclic amines) is 1. The Hall–Kier alpha value is -2.45. The Bertz CT molecular complexity index is 985. The first-order valence-electron chi connectivity index (χ1n) is 13.9. The lowest BCUT2D eigenvalue weighted by atomic mass is 9.66. The van der Waals surface area contributed by atoms with Crippen molar-refractivity contribution in [3.63, 3.8) is 0 Å². The molecule has 1 aromatic carbocycles. The number of hydrogen-bond acceptors (Lipinski definition) is 5. The lowest BCUT2D eigenvalue weighted by Gasteiger charge is -2.37. The molecule has 4 rings (SSSR count). The van der Waals surface area contributed by atoms with Gasteiger partial charge in [-0.25, -0.2) is 0 Å². The van der Waals surface area contributed by atoms with Gasteiger partial charge in [0.15, 0.2) is 0 Å². The van der Waals surface area contributed by atoms with E-state index in [2.05, 4.69) is 17.6 Å². The highest BCUT2D eigenvalue weighted by atomic mass is 16.5. The Balaban J connectivity index is 1.65. The Labute approximate surface area is 220 Å². The van der Waals surface area contributed by atoms with Gasteiger partial charge in [0.25, 0.3) is 0 Å². The van der Waals surface area contributed by atoms with Crippen LogP contribution in [0.25, 0.3) is 0 Å². The SMILES string of the molecule is CCCCCNC(=O)C1N([C@@H](CO)CC(C)C)C(=O)[C@@H]2[C@H](C(=O)NCc3ccccc3)[C@]3(C)CCC12O3. The van der Waals surface area contributed by atoms with Crippen LogP contribution in [0.3, 0.4) is 0 Å². The molecule has 204 valence electrons. The summed E-state index contributed by atoms with van der Waals surface area (Å²) in [6.45, 7) is 8.72. The smallest absolute Gasteiger partial charge is 0.245 e. The molecule has 6 atom stereocenters. The third-order valence-corrected chi connectivity index (χ3v) is 8.48. The van der Waals surface area contributed by atoms with Gasteiger partial charge in [-0.2, -0.15) is 0 Å². The van der Waals surface area contributed by atoms with Gasteiger partial charge in [0.05, 0.1) is 30.1 Å². The van der Waals surface area contributed by atoms with Crippen molar-refractivity contribution in [1.29, 1.82) is 0 Å². The Morgan fingerprint density at radius 1 is 1.14 bits per heavy atom. The van der Waals surface area contributed by atoms with Crippen molar-refractivity contribution in [2.45, 2.75) is 96.1 Å². The van der Waals surface area contributed by atoms with Crippen molar-refractivity contribution in [3.05, 3.63) is 35.9 Å². The molecule has 3 saturated heterocycles. The minimum atomic E-state index is -1.07. The number of nitrogens with zero attached hydrogens (tertiary/aromatic N) is 1. The summed E-state index contributed by atoms with van der Waals surface area (Å²) in [7, 11) is 0. The van der Waals surface area contributed by atoms with Crippen LogP contribution in [0.1, 0.15) is 71.8 Å². The minimum Gasteiger partial charge on any atom is -0.394 e. The van der Waals surface area contributed by atoms with E-state index in [1.54, 1.807) is 4.90 Å². The zero-order valence-electron chi connectivity index (χ0n) is 22.7. The summed E-state index contributed by atoms with van der Waals surface area (Å²) >= 11 is 0. The minimum absolute atomic E-state index is 0.218. The van der Waals surface area contributed by atoms with E-state index in [1.165, 1.54) is 0 Å². The van der Waals surface area contributed by atoms with Crippen molar-refractivity contribution in [3.8, 4) is 0 Å². The summed E-state index contributed by atoms with van der Waals surface area (Å²) < 4.78 is 6.65. The van der Waals surface area contributed by atoms with E-state index in [-0.39, 0.29) is 30.2 Å². The van der Waals surface area contributed by atoms with E-state index >= 15 is 0 Å². The molecule has 3 aliphatic rings. The monoisotopic (exact) mass is 513 g/mol. The summed E-state index contributed by atoms with van der Waals surface area (Å²) in [4.78, 5) is 43.1. The molecule has 0 aromatic heterocycles. The van der Waals surface area contributed by atoms with E-state index in [4.69, 9.17) is 4.74 Å². The van der Waals surface area contributed by atoms with Gasteiger partial charge in [-0.3, -0.25) is 14.4 Å². The molecule has 2 unspecified atom stereocenters. The molecule has 1 spiro atoms. The molecule has 0 aliphatic carbocycles. The zero-order chi connectivity index (χ0) is 26.8. The van der Waals surface area contributed by atoms with Gasteiger partial charge in [-0.1, -0.05) is 63.9 Å². The fourth-order valence-electron chi connectivity index (χ4n) is 6.86. The summed E-state index contributed by atoms with van der Waals surface area (Å²) in [5, 5.41) is 16.4. The maximum Gasteiger partial charge on any atom is 0.245 e. The zero-order valence-corrected chi connectivity index (χ0v) is 22.7. The molecule has 3 aliphatic heterocycles. The highest BCUT2D eigenvalue weighted by molar-refractivity contribution is 5.99. The van der Waals surface area contributed by atoms with Crippen LogP contribution >= 0.6 is 0 Å². The van der Waals surface area contributed by atoms with E-state index < -0.39 is 35.1 Å². The largest absolute Gasteiger partial charge is 0.394 e. The van der Waals surface area contributed by atoms with Crippen molar-refractivity contribution in [1.82, 2.24) is 15.5 Å². The number of ether oxygens (including phenoxy) is 1. The normalized spacial score (nSPS) is 31.0. The van der Waals surface area contributed by atoms with E-state index in [0.717, 1.165) is 24.8 Å². The number of hydrogen-bond donors (Lipinski definition) is 3. The predicted molar refractivity (Wildman–Crippen MR) is 140 cm³/mol. The molecule has 3 amide bonds. The number of amides is 3. The Morgan fingerprint density at radius 2 is 1.86 bits per heavy atom. The van der Waals surface area contributed by atoms with Crippen LogP contribution in [-0.2, 0) is 25.7 Å². The Morgan fingerprint density at radius 3 is 2.51 bits per heavy atom. The molecule has 3 fully saturated rings. The summed E-state index contributed by atoms with van der Waals surface area (Å²) in [5.74, 6) is -1.96. The quantitative estimate of drug-likeness (QED) is 0.373. The maximum atomic E-state index is 14.2. The van der Waals surface area contributed by atoms with Crippen LogP contribution in [0.4, 0.5) is 0 Å². The standard InChI is InChI=1S/C29H43N3O5/c1-5-6-10-15-30-26(35)24-29-14-13-28(4,37-29)22(25(34)31-17-20-11-8-7-9-12-20)23(29)27(36)32(24)21(18-33)16-19(2)3/h7-9,11-12,19,21-24,33H,5-6,10,13-18H2,1-4H3,(H,30,35)(H,31,34)/t21-,22-,23+,24?,28+,29?/m1/s1. The molecular weight excluding hydrogens is 470 g/mol. The molecule has 1 aromatic rings. The molecule has 3 N–H and O–H groups in total. The van der Waals surface area contributed by atoms with Crippen LogP contribution < -0.4 is 10.6 Å². The predicted octanol–water partition coefficient (Wildman–Crippen LogP) is 2.78. The number of carbonyl (C=O) groups excluding carboxylic acids is 3. The number of benzene rings is 1. The van der Waals surface area contributed by atoms with Crippen molar-refractivity contribution in [2.75, 3.05) is 13.2 Å². The first kappa shape index (κ1) is 27.6. The number of aliphatic hydroxyl groups excluding tert-OH is 1. The van der Waals surface area contributed by atoms with Gasteiger partial charge < -0.3 is 25.4 Å². The molecule has 8 nitrogen and oxygen atoms in total. The lowest BCUT2D eigenvalue weighted by Crippen LogP contribution is -2.58. The Kier molecular flexibility index (Phi) is 8.29. The molecule has 3 heterocycles. The van der Waals surface area contributed by atoms with Crippen LogP contribution in [-0.4, -0.2) is 64.2 Å². The van der Waals surface area contributed by atoms with Crippen molar-refractivity contribution < 1.29 is 24.2 Å². The average molecular weight is 514 g/mol. The first-order valence-corrected chi connectivity index (χ1v) is 13.9. The molecule has 2 bridgehead atoms. The third-order valence-electron chi connectivity index (χ3n) is 8.48. The van der Waals surface area contributed by atoms with E-state index in [9.17, 15) is 19.5 Å². The molecule has 0 radical (unpaired) electrons. The summed E-state index contributed by atoms with van der Waals surface area (Å²) in [6, 6.07) is 8.28. The van der Waals surface area contributed by atoms with Crippen LogP contribution in [0.2, 0.25) is 0 Å². The van der Waals surface area contributed by atoms with E-state index in [1.807, 2.05) is 51.1 Å². The second-order valence-electron chi connectivity index (χ2n) is 11.6. The third kappa shape index (κ3) is 5.02. The highest BCUT2D eigenvalue weighted by Gasteiger charge is 2.78. The van der Waals surface area contributed by atoms with E-state index in [0.29, 0.717) is 32.4 Å². The average Bonchev–Trinajstić information content (AvgIpc) is 3.45. The topological polar surface area (TPSA) is 108 Å². The number of carbonyl (C=O) groups is 3. The maximum absolute atomic E-state index is 14.2. The second kappa shape index (κ2) is 11.1. The van der Waals surface area contributed by atoms with Gasteiger partial charge in [-0.05, 0) is 44.1 Å². The van der Waals surface area contributed by atoms with Gasteiger partial charge in [-0.15, -0.1) is 0 Å². The van der Waals surface area contributed by atoms with Crippen molar-refractivity contribution in [2.24, 2.45) is 17.8 Å².